The number of ether oxygens (including phenoxy) is 1. The van der Waals surface area contributed by atoms with E-state index in [1.807, 2.05) is 6.92 Å². The van der Waals surface area contributed by atoms with Crippen molar-refractivity contribution in [2.45, 2.75) is 19.4 Å². The lowest BCUT2D eigenvalue weighted by molar-refractivity contribution is 0.0698. The largest absolute Gasteiger partial charge is 0.478 e. The van der Waals surface area contributed by atoms with Crippen LogP contribution in [-0.2, 0) is 4.74 Å². The Morgan fingerprint density at radius 3 is 2.86 bits per heavy atom. The van der Waals surface area contributed by atoms with E-state index >= 15 is 0 Å². The predicted molar refractivity (Wildman–Crippen MR) is 73.9 cm³/mol. The smallest absolute Gasteiger partial charge is 0.337 e. The van der Waals surface area contributed by atoms with Crippen molar-refractivity contribution < 1.29 is 23.8 Å². The van der Waals surface area contributed by atoms with Gasteiger partial charge in [-0.15, -0.1) is 0 Å². The van der Waals surface area contributed by atoms with E-state index in [0.29, 0.717) is 13.2 Å². The molecule has 2 unspecified atom stereocenters. The van der Waals surface area contributed by atoms with Gasteiger partial charge in [0.1, 0.15) is 5.82 Å². The number of rotatable bonds is 4. The normalized spacial score (nSPS) is 21.0. The summed E-state index contributed by atoms with van der Waals surface area (Å²) in [5, 5.41) is 14.0. The number of aromatic carboxylic acids is 1. The van der Waals surface area contributed by atoms with Gasteiger partial charge in [0.15, 0.2) is 0 Å². The molecular weight excluding hydrogens is 279 g/mol. The zero-order valence-electron chi connectivity index (χ0n) is 11.6. The first-order chi connectivity index (χ1) is 9.97. The maximum Gasteiger partial charge on any atom is 0.337 e. The van der Waals surface area contributed by atoms with Crippen molar-refractivity contribution in [3.63, 3.8) is 0 Å². The SMILES string of the molecule is CC1OCCC1CNC(=O)Nc1cc(F)ccc1C(=O)O. The molecule has 1 aromatic carbocycles. The van der Waals surface area contributed by atoms with Gasteiger partial charge in [0.05, 0.1) is 17.4 Å². The monoisotopic (exact) mass is 296 g/mol. The minimum Gasteiger partial charge on any atom is -0.478 e. The summed E-state index contributed by atoms with van der Waals surface area (Å²) in [6.07, 6.45) is 0.941. The molecule has 2 atom stereocenters. The standard InChI is InChI=1S/C14H17FN2O4/c1-8-9(4-5-21-8)7-16-14(20)17-12-6-10(15)2-3-11(12)13(18)19/h2-3,6,8-9H,4-5,7H2,1H3,(H,18,19)(H2,16,17,20). The third kappa shape index (κ3) is 3.91. The Bertz CT molecular complexity index is 550. The van der Waals surface area contributed by atoms with Gasteiger partial charge in [0.25, 0.3) is 0 Å². The number of carbonyl (C=O) groups is 2. The summed E-state index contributed by atoms with van der Waals surface area (Å²) in [6, 6.07) is 2.55. The molecule has 6 nitrogen and oxygen atoms in total. The molecule has 0 aliphatic carbocycles. The number of carbonyl (C=O) groups excluding carboxylic acids is 1. The molecule has 1 heterocycles. The van der Waals surface area contributed by atoms with Crippen LogP contribution in [0.2, 0.25) is 0 Å². The van der Waals surface area contributed by atoms with Crippen LogP contribution in [0.25, 0.3) is 0 Å². The summed E-state index contributed by atoms with van der Waals surface area (Å²) >= 11 is 0. The Hall–Kier alpha value is -2.15. The molecule has 2 rings (SSSR count). The minimum absolute atomic E-state index is 0.0734. The average molecular weight is 296 g/mol. The van der Waals surface area contributed by atoms with Crippen LogP contribution in [0.3, 0.4) is 0 Å². The van der Waals surface area contributed by atoms with Crippen molar-refractivity contribution in [3.8, 4) is 0 Å². The van der Waals surface area contributed by atoms with E-state index in [4.69, 9.17) is 9.84 Å². The first kappa shape index (κ1) is 15.2. The number of anilines is 1. The van der Waals surface area contributed by atoms with E-state index in [1.54, 1.807) is 0 Å². The molecule has 2 amide bonds. The lowest BCUT2D eigenvalue weighted by atomic mass is 10.0. The fourth-order valence-electron chi connectivity index (χ4n) is 2.24. The summed E-state index contributed by atoms with van der Waals surface area (Å²) in [6.45, 7) is 3.03. The Morgan fingerprint density at radius 1 is 1.48 bits per heavy atom. The van der Waals surface area contributed by atoms with E-state index in [9.17, 15) is 14.0 Å². The fourth-order valence-corrected chi connectivity index (χ4v) is 2.24. The van der Waals surface area contributed by atoms with Crippen molar-refractivity contribution in [2.75, 3.05) is 18.5 Å². The molecule has 3 N–H and O–H groups in total. The number of halogens is 1. The zero-order chi connectivity index (χ0) is 15.4. The second-order valence-electron chi connectivity index (χ2n) is 4.95. The number of hydrogen-bond acceptors (Lipinski definition) is 3. The molecule has 1 aliphatic heterocycles. The Morgan fingerprint density at radius 2 is 2.24 bits per heavy atom. The van der Waals surface area contributed by atoms with Crippen LogP contribution in [0, 0.1) is 11.7 Å². The number of hydrogen-bond donors (Lipinski definition) is 3. The summed E-state index contributed by atoms with van der Waals surface area (Å²) < 4.78 is 18.5. The van der Waals surface area contributed by atoms with Crippen LogP contribution in [0.15, 0.2) is 18.2 Å². The first-order valence-electron chi connectivity index (χ1n) is 6.66. The lowest BCUT2D eigenvalue weighted by Crippen LogP contribution is -2.35. The summed E-state index contributed by atoms with van der Waals surface area (Å²) in [5.41, 5.74) is -0.236. The second-order valence-corrected chi connectivity index (χ2v) is 4.95. The van der Waals surface area contributed by atoms with E-state index in [0.717, 1.165) is 24.6 Å². The molecule has 7 heteroatoms. The van der Waals surface area contributed by atoms with Gasteiger partial charge in [-0.05, 0) is 31.5 Å². The second kappa shape index (κ2) is 6.53. The number of benzene rings is 1. The topological polar surface area (TPSA) is 87.7 Å². The van der Waals surface area contributed by atoms with Crippen molar-refractivity contribution in [2.24, 2.45) is 5.92 Å². The summed E-state index contributed by atoms with van der Waals surface area (Å²) in [5.74, 6) is -1.63. The van der Waals surface area contributed by atoms with Crippen molar-refractivity contribution in [1.82, 2.24) is 5.32 Å². The van der Waals surface area contributed by atoms with E-state index in [1.165, 1.54) is 0 Å². The molecule has 1 fully saturated rings. The number of carboxylic acids is 1. The highest BCUT2D eigenvalue weighted by atomic mass is 19.1. The van der Waals surface area contributed by atoms with Gasteiger partial charge in [-0.25, -0.2) is 14.0 Å². The third-order valence-corrected chi connectivity index (χ3v) is 3.52. The van der Waals surface area contributed by atoms with Gasteiger partial charge < -0.3 is 20.5 Å². The molecule has 0 spiro atoms. The molecule has 1 aromatic rings. The summed E-state index contributed by atoms with van der Waals surface area (Å²) in [4.78, 5) is 22.8. The van der Waals surface area contributed by atoms with Crippen molar-refractivity contribution in [3.05, 3.63) is 29.6 Å². The van der Waals surface area contributed by atoms with Gasteiger partial charge in [-0.3, -0.25) is 0 Å². The molecule has 0 radical (unpaired) electrons. The Balaban J connectivity index is 1.96. The average Bonchev–Trinajstić information content (AvgIpc) is 2.81. The van der Waals surface area contributed by atoms with Crippen molar-refractivity contribution in [1.29, 1.82) is 0 Å². The van der Waals surface area contributed by atoms with Crippen LogP contribution < -0.4 is 10.6 Å². The highest BCUT2D eigenvalue weighted by Crippen LogP contribution is 2.20. The van der Waals surface area contributed by atoms with Gasteiger partial charge in [0, 0.05) is 19.1 Å². The van der Waals surface area contributed by atoms with Gasteiger partial charge >= 0.3 is 12.0 Å². The Kier molecular flexibility index (Phi) is 4.74. The Labute approximate surface area is 121 Å². The number of urea groups is 1. The summed E-state index contributed by atoms with van der Waals surface area (Å²) in [7, 11) is 0. The highest BCUT2D eigenvalue weighted by molar-refractivity contribution is 5.99. The van der Waals surface area contributed by atoms with Crippen molar-refractivity contribution >= 4 is 17.7 Å². The molecule has 0 saturated carbocycles. The maximum atomic E-state index is 13.2. The number of carboxylic acid groups (broad SMARTS) is 1. The van der Waals surface area contributed by atoms with Crippen LogP contribution in [0.1, 0.15) is 23.7 Å². The lowest BCUT2D eigenvalue weighted by Gasteiger charge is -2.15. The van der Waals surface area contributed by atoms with Crippen LogP contribution in [0.4, 0.5) is 14.9 Å². The van der Waals surface area contributed by atoms with E-state index in [2.05, 4.69) is 10.6 Å². The fraction of sp³-hybridized carbons (Fsp3) is 0.429. The molecule has 114 valence electrons. The number of nitrogens with one attached hydrogen (secondary N) is 2. The van der Waals surface area contributed by atoms with Gasteiger partial charge in [0.2, 0.25) is 0 Å². The minimum atomic E-state index is -1.23. The van der Waals surface area contributed by atoms with Crippen LogP contribution >= 0.6 is 0 Å². The van der Waals surface area contributed by atoms with E-state index < -0.39 is 17.8 Å². The first-order valence-corrected chi connectivity index (χ1v) is 6.66. The molecule has 1 aliphatic rings. The predicted octanol–water partition coefficient (Wildman–Crippen LogP) is 2.07. The van der Waals surface area contributed by atoms with E-state index in [-0.39, 0.29) is 23.3 Å². The quantitative estimate of drug-likeness (QED) is 0.793. The van der Waals surface area contributed by atoms with Crippen LogP contribution in [-0.4, -0.2) is 36.4 Å². The zero-order valence-corrected chi connectivity index (χ0v) is 11.6. The van der Waals surface area contributed by atoms with Crippen LogP contribution in [0.5, 0.6) is 0 Å². The highest BCUT2D eigenvalue weighted by Gasteiger charge is 2.24. The molecular formula is C14H17FN2O4. The van der Waals surface area contributed by atoms with Gasteiger partial charge in [-0.1, -0.05) is 0 Å². The molecule has 21 heavy (non-hydrogen) atoms. The number of amides is 2. The third-order valence-electron chi connectivity index (χ3n) is 3.52. The molecule has 0 aromatic heterocycles. The molecule has 0 bridgehead atoms. The maximum absolute atomic E-state index is 13.2. The van der Waals surface area contributed by atoms with Gasteiger partial charge in [-0.2, -0.15) is 0 Å². The molecule has 1 saturated heterocycles.